The van der Waals surface area contributed by atoms with Crippen molar-refractivity contribution >= 4 is 22.7 Å². The van der Waals surface area contributed by atoms with Crippen molar-refractivity contribution in [3.63, 3.8) is 0 Å². The quantitative estimate of drug-likeness (QED) is 0.717. The van der Waals surface area contributed by atoms with Crippen molar-refractivity contribution < 1.29 is 0 Å². The number of benzene rings is 2. The van der Waals surface area contributed by atoms with E-state index in [2.05, 4.69) is 4.90 Å². The normalized spacial score (nSPS) is 10.4. The number of nitrogens with two attached hydrogens (primary N) is 3. The van der Waals surface area contributed by atoms with Crippen LogP contribution in [0.4, 0.5) is 22.7 Å². The van der Waals surface area contributed by atoms with Gasteiger partial charge in [0.05, 0.1) is 22.7 Å². The van der Waals surface area contributed by atoms with Gasteiger partial charge in [0, 0.05) is 6.54 Å². The molecular weight excluding hydrogens is 236 g/mol. The molecular formula is C15H20N4. The first-order valence-electron chi connectivity index (χ1n) is 6.40. The Hall–Kier alpha value is -2.20. The van der Waals surface area contributed by atoms with E-state index in [0.29, 0.717) is 6.54 Å². The highest BCUT2D eigenvalue weighted by Gasteiger charge is 2.13. The van der Waals surface area contributed by atoms with Crippen LogP contribution in [-0.4, -0.2) is 13.1 Å². The second kappa shape index (κ2) is 6.11. The number of hydrogen-bond donors (Lipinski definition) is 3. The molecule has 6 N–H and O–H groups in total. The van der Waals surface area contributed by atoms with E-state index in [0.717, 1.165) is 35.7 Å². The summed E-state index contributed by atoms with van der Waals surface area (Å²) in [6, 6.07) is 15.6. The fourth-order valence-corrected chi connectivity index (χ4v) is 2.09. The smallest absolute Gasteiger partial charge is 0.0644 e. The Kier molecular flexibility index (Phi) is 4.26. The van der Waals surface area contributed by atoms with Crippen LogP contribution >= 0.6 is 0 Å². The van der Waals surface area contributed by atoms with Gasteiger partial charge in [-0.2, -0.15) is 0 Å². The highest BCUT2D eigenvalue weighted by Crippen LogP contribution is 2.33. The zero-order valence-electron chi connectivity index (χ0n) is 10.9. The predicted octanol–water partition coefficient (Wildman–Crippen LogP) is 2.34. The highest BCUT2D eigenvalue weighted by atomic mass is 15.2. The number of para-hydroxylation sites is 4. The van der Waals surface area contributed by atoms with E-state index in [4.69, 9.17) is 17.2 Å². The molecule has 0 aliphatic rings. The van der Waals surface area contributed by atoms with E-state index in [1.54, 1.807) is 0 Å². The minimum atomic E-state index is 0.635. The van der Waals surface area contributed by atoms with Crippen molar-refractivity contribution in [2.24, 2.45) is 5.73 Å². The van der Waals surface area contributed by atoms with Crippen LogP contribution < -0.4 is 22.1 Å². The molecule has 0 spiro atoms. The van der Waals surface area contributed by atoms with Crippen LogP contribution in [0, 0.1) is 0 Å². The third-order valence-electron chi connectivity index (χ3n) is 3.04. The Morgan fingerprint density at radius 3 is 1.68 bits per heavy atom. The van der Waals surface area contributed by atoms with E-state index in [1.165, 1.54) is 0 Å². The maximum atomic E-state index is 6.07. The van der Waals surface area contributed by atoms with Gasteiger partial charge >= 0.3 is 0 Å². The SMILES string of the molecule is NCCCN(c1ccccc1N)c1ccccc1N. The summed E-state index contributed by atoms with van der Waals surface area (Å²) in [5.74, 6) is 0. The van der Waals surface area contributed by atoms with Crippen LogP contribution in [-0.2, 0) is 0 Å². The molecule has 0 saturated carbocycles. The molecule has 0 radical (unpaired) electrons. The van der Waals surface area contributed by atoms with Gasteiger partial charge in [0.2, 0.25) is 0 Å². The summed E-state index contributed by atoms with van der Waals surface area (Å²) in [5, 5.41) is 0. The van der Waals surface area contributed by atoms with E-state index in [-0.39, 0.29) is 0 Å². The zero-order chi connectivity index (χ0) is 13.7. The van der Waals surface area contributed by atoms with E-state index in [1.807, 2.05) is 48.5 Å². The van der Waals surface area contributed by atoms with Crippen LogP contribution in [0.5, 0.6) is 0 Å². The van der Waals surface area contributed by atoms with Crippen LogP contribution in [0.3, 0.4) is 0 Å². The van der Waals surface area contributed by atoms with Crippen molar-refractivity contribution in [3.05, 3.63) is 48.5 Å². The Morgan fingerprint density at radius 1 is 0.789 bits per heavy atom. The molecule has 0 aliphatic heterocycles. The summed E-state index contributed by atoms with van der Waals surface area (Å²) in [4.78, 5) is 2.12. The van der Waals surface area contributed by atoms with Crippen molar-refractivity contribution in [3.8, 4) is 0 Å². The molecule has 0 heterocycles. The standard InChI is InChI=1S/C15H20N4/c16-10-5-11-19(14-8-3-1-6-12(14)17)15-9-4-2-7-13(15)18/h1-4,6-9H,5,10-11,16-18H2. The summed E-state index contributed by atoms with van der Waals surface area (Å²) in [6.45, 7) is 1.43. The molecule has 2 aromatic carbocycles. The van der Waals surface area contributed by atoms with Gasteiger partial charge < -0.3 is 22.1 Å². The van der Waals surface area contributed by atoms with Gasteiger partial charge in [0.15, 0.2) is 0 Å². The van der Waals surface area contributed by atoms with Crippen molar-refractivity contribution in [1.82, 2.24) is 0 Å². The molecule has 4 heteroatoms. The third kappa shape index (κ3) is 2.98. The summed E-state index contributed by atoms with van der Waals surface area (Å²) in [5.41, 5.74) is 21.2. The zero-order valence-corrected chi connectivity index (χ0v) is 10.9. The van der Waals surface area contributed by atoms with Crippen LogP contribution in [0.1, 0.15) is 6.42 Å². The molecule has 0 bridgehead atoms. The van der Waals surface area contributed by atoms with Gasteiger partial charge in [-0.05, 0) is 37.2 Å². The second-order valence-electron chi connectivity index (χ2n) is 4.41. The minimum absolute atomic E-state index is 0.635. The summed E-state index contributed by atoms with van der Waals surface area (Å²) in [7, 11) is 0. The molecule has 4 nitrogen and oxygen atoms in total. The third-order valence-corrected chi connectivity index (χ3v) is 3.04. The maximum Gasteiger partial charge on any atom is 0.0644 e. The average molecular weight is 256 g/mol. The lowest BCUT2D eigenvalue weighted by molar-refractivity contribution is 0.819. The largest absolute Gasteiger partial charge is 0.397 e. The average Bonchev–Trinajstić information content (AvgIpc) is 2.42. The lowest BCUT2D eigenvalue weighted by atomic mass is 10.2. The van der Waals surface area contributed by atoms with Gasteiger partial charge in [-0.3, -0.25) is 0 Å². The van der Waals surface area contributed by atoms with Crippen LogP contribution in [0.25, 0.3) is 0 Å². The first-order valence-corrected chi connectivity index (χ1v) is 6.40. The molecule has 0 atom stereocenters. The van der Waals surface area contributed by atoms with Crippen molar-refractivity contribution in [1.29, 1.82) is 0 Å². The number of nitrogens with zero attached hydrogens (tertiary/aromatic N) is 1. The molecule has 100 valence electrons. The monoisotopic (exact) mass is 256 g/mol. The number of nitrogen functional groups attached to an aromatic ring is 2. The maximum absolute atomic E-state index is 6.07. The first kappa shape index (κ1) is 13.2. The molecule has 0 aromatic heterocycles. The molecule has 0 saturated heterocycles. The van der Waals surface area contributed by atoms with Gasteiger partial charge in [-0.15, -0.1) is 0 Å². The van der Waals surface area contributed by atoms with E-state index >= 15 is 0 Å². The lowest BCUT2D eigenvalue weighted by Crippen LogP contribution is -2.22. The lowest BCUT2D eigenvalue weighted by Gasteiger charge is -2.27. The number of rotatable bonds is 5. The van der Waals surface area contributed by atoms with Gasteiger partial charge in [-0.25, -0.2) is 0 Å². The number of hydrogen-bond acceptors (Lipinski definition) is 4. The molecule has 0 amide bonds. The van der Waals surface area contributed by atoms with Gasteiger partial charge in [0.25, 0.3) is 0 Å². The molecule has 0 fully saturated rings. The van der Waals surface area contributed by atoms with E-state index in [9.17, 15) is 0 Å². The van der Waals surface area contributed by atoms with Crippen LogP contribution in [0.15, 0.2) is 48.5 Å². The minimum Gasteiger partial charge on any atom is -0.397 e. The molecule has 0 unspecified atom stereocenters. The van der Waals surface area contributed by atoms with Gasteiger partial charge in [-0.1, -0.05) is 24.3 Å². The van der Waals surface area contributed by atoms with Crippen LogP contribution in [0.2, 0.25) is 0 Å². The Balaban J connectivity index is 2.42. The highest BCUT2D eigenvalue weighted by molar-refractivity contribution is 5.80. The topological polar surface area (TPSA) is 81.3 Å². The van der Waals surface area contributed by atoms with Gasteiger partial charge in [0.1, 0.15) is 0 Å². The molecule has 19 heavy (non-hydrogen) atoms. The Labute approximate surface area is 113 Å². The molecule has 0 aliphatic carbocycles. The van der Waals surface area contributed by atoms with E-state index < -0.39 is 0 Å². The van der Waals surface area contributed by atoms with Crippen molar-refractivity contribution in [2.45, 2.75) is 6.42 Å². The number of anilines is 4. The molecule has 2 rings (SSSR count). The fourth-order valence-electron chi connectivity index (χ4n) is 2.09. The Morgan fingerprint density at radius 2 is 1.26 bits per heavy atom. The molecule has 2 aromatic rings. The first-order chi connectivity index (χ1) is 9.24. The Bertz CT molecular complexity index is 494. The summed E-state index contributed by atoms with van der Waals surface area (Å²) >= 11 is 0. The predicted molar refractivity (Wildman–Crippen MR) is 82.4 cm³/mol. The summed E-state index contributed by atoms with van der Waals surface area (Å²) < 4.78 is 0. The van der Waals surface area contributed by atoms with Crippen molar-refractivity contribution in [2.75, 3.05) is 29.5 Å². The summed E-state index contributed by atoms with van der Waals surface area (Å²) in [6.07, 6.45) is 0.878. The second-order valence-corrected chi connectivity index (χ2v) is 4.41. The fraction of sp³-hybridized carbons (Fsp3) is 0.200.